The Labute approximate surface area is 197 Å². The van der Waals surface area contributed by atoms with Crippen molar-refractivity contribution in [1.82, 2.24) is 10.6 Å². The second-order valence-corrected chi connectivity index (χ2v) is 8.33. The molecule has 0 aliphatic rings. The van der Waals surface area contributed by atoms with Gasteiger partial charge in [0.1, 0.15) is 6.04 Å². The number of alkyl halides is 3. The smallest absolute Gasteiger partial charge is 0.358 e. The van der Waals surface area contributed by atoms with Crippen molar-refractivity contribution in [2.45, 2.75) is 38.0 Å². The summed E-state index contributed by atoms with van der Waals surface area (Å²) in [7, 11) is 1.58. The highest BCUT2D eigenvalue weighted by Crippen LogP contribution is 2.31. The minimum atomic E-state index is -4.36. The number of benzene rings is 3. The predicted molar refractivity (Wildman–Crippen MR) is 125 cm³/mol. The molecule has 0 aliphatic carbocycles. The molecule has 0 aromatic heterocycles. The van der Waals surface area contributed by atoms with Crippen LogP contribution in [-0.4, -0.2) is 13.0 Å². The number of likely N-dealkylation sites (N-methyl/N-ethyl adjacent to an activating group) is 1. The van der Waals surface area contributed by atoms with Crippen LogP contribution in [0, 0.1) is 6.92 Å². The summed E-state index contributed by atoms with van der Waals surface area (Å²) in [6.07, 6.45) is -3.28. The van der Waals surface area contributed by atoms with Gasteiger partial charge < -0.3 is 5.32 Å². The summed E-state index contributed by atoms with van der Waals surface area (Å²) >= 11 is 6.36. The lowest BCUT2D eigenvalue weighted by Crippen LogP contribution is -2.38. The van der Waals surface area contributed by atoms with Crippen molar-refractivity contribution in [3.63, 3.8) is 0 Å². The van der Waals surface area contributed by atoms with Crippen molar-refractivity contribution in [3.05, 3.63) is 106 Å². The van der Waals surface area contributed by atoms with E-state index in [1.165, 1.54) is 12.1 Å². The van der Waals surface area contributed by atoms with Crippen LogP contribution in [0.3, 0.4) is 0 Å². The number of carbonyl (C=O) groups excluding carboxylic acids is 1. The first-order chi connectivity index (χ1) is 15.7. The van der Waals surface area contributed by atoms with Crippen molar-refractivity contribution >= 4 is 17.5 Å². The third kappa shape index (κ3) is 6.59. The summed E-state index contributed by atoms with van der Waals surface area (Å²) in [5.74, 6) is -0.182. The topological polar surface area (TPSA) is 41.1 Å². The first-order valence-electron chi connectivity index (χ1n) is 10.6. The van der Waals surface area contributed by atoms with Crippen LogP contribution < -0.4 is 10.6 Å². The van der Waals surface area contributed by atoms with Gasteiger partial charge in [0.05, 0.1) is 5.56 Å². The number of aryl methyl sites for hydroxylation is 2. The minimum absolute atomic E-state index is 0.182. The molecule has 7 heteroatoms. The van der Waals surface area contributed by atoms with Gasteiger partial charge in [-0.25, -0.2) is 0 Å². The van der Waals surface area contributed by atoms with E-state index in [4.69, 9.17) is 11.6 Å². The molecular formula is C26H26ClF3N2O. The molecule has 0 heterocycles. The molecule has 3 aromatic rings. The summed E-state index contributed by atoms with van der Waals surface area (Å²) in [5, 5.41) is 6.76. The first kappa shape index (κ1) is 24.8. The predicted octanol–water partition coefficient (Wildman–Crippen LogP) is 6.42. The van der Waals surface area contributed by atoms with E-state index < -0.39 is 17.8 Å². The molecule has 0 fully saturated rings. The van der Waals surface area contributed by atoms with Crippen LogP contribution >= 0.6 is 11.6 Å². The molecule has 2 N–H and O–H groups in total. The molecule has 0 bridgehead atoms. The summed E-state index contributed by atoms with van der Waals surface area (Å²) < 4.78 is 38.6. The molecular weight excluding hydrogens is 449 g/mol. The van der Waals surface area contributed by atoms with Gasteiger partial charge in [-0.15, -0.1) is 0 Å². The maximum atomic E-state index is 12.9. The number of amides is 1. The third-order valence-corrected chi connectivity index (χ3v) is 6.02. The highest BCUT2D eigenvalue weighted by molar-refractivity contribution is 6.31. The Morgan fingerprint density at radius 3 is 2.21 bits per heavy atom. The SMILES string of the molecule is CNC(=O)C(N[C@H](CCc1ccc(C(F)(F)F)cc1)c1ccc(C)c(Cl)c1)c1ccccc1. The van der Waals surface area contributed by atoms with Gasteiger partial charge in [-0.2, -0.15) is 13.2 Å². The molecule has 3 rings (SSSR count). The van der Waals surface area contributed by atoms with Crippen LogP contribution in [0.2, 0.25) is 5.02 Å². The second kappa shape index (κ2) is 10.9. The summed E-state index contributed by atoms with van der Waals surface area (Å²) in [4.78, 5) is 12.7. The summed E-state index contributed by atoms with van der Waals surface area (Å²) in [6.45, 7) is 1.91. The number of carbonyl (C=O) groups is 1. The number of hydrogen-bond acceptors (Lipinski definition) is 2. The zero-order chi connectivity index (χ0) is 24.0. The van der Waals surface area contributed by atoms with E-state index >= 15 is 0 Å². The Hall–Kier alpha value is -2.83. The molecule has 174 valence electrons. The fourth-order valence-corrected chi connectivity index (χ4v) is 3.85. The first-order valence-corrected chi connectivity index (χ1v) is 11.0. The van der Waals surface area contributed by atoms with Gasteiger partial charge in [-0.05, 0) is 60.2 Å². The fourth-order valence-electron chi connectivity index (χ4n) is 3.66. The quantitative estimate of drug-likeness (QED) is 0.395. The average molecular weight is 475 g/mol. The molecule has 0 spiro atoms. The van der Waals surface area contributed by atoms with Crippen molar-refractivity contribution < 1.29 is 18.0 Å². The number of halogens is 4. The lowest BCUT2D eigenvalue weighted by molar-refractivity contribution is -0.137. The Balaban J connectivity index is 1.87. The van der Waals surface area contributed by atoms with Crippen molar-refractivity contribution in [3.8, 4) is 0 Å². The molecule has 1 unspecified atom stereocenters. The minimum Gasteiger partial charge on any atom is -0.358 e. The van der Waals surface area contributed by atoms with E-state index in [1.54, 1.807) is 7.05 Å². The van der Waals surface area contributed by atoms with Crippen LogP contribution in [0.25, 0.3) is 0 Å². The molecule has 3 nitrogen and oxygen atoms in total. The molecule has 0 radical (unpaired) electrons. The monoisotopic (exact) mass is 474 g/mol. The maximum Gasteiger partial charge on any atom is 0.416 e. The Morgan fingerprint density at radius 1 is 0.970 bits per heavy atom. The molecule has 2 atom stereocenters. The van der Waals surface area contributed by atoms with Crippen LogP contribution in [-0.2, 0) is 17.4 Å². The lowest BCUT2D eigenvalue weighted by atomic mass is 9.95. The van der Waals surface area contributed by atoms with Gasteiger partial charge in [-0.3, -0.25) is 10.1 Å². The molecule has 33 heavy (non-hydrogen) atoms. The van der Waals surface area contributed by atoms with Crippen molar-refractivity contribution in [2.75, 3.05) is 7.05 Å². The molecule has 0 saturated carbocycles. The summed E-state index contributed by atoms with van der Waals surface area (Å²) in [6, 6.07) is 19.4. The lowest BCUT2D eigenvalue weighted by Gasteiger charge is -2.26. The zero-order valence-electron chi connectivity index (χ0n) is 18.4. The average Bonchev–Trinajstić information content (AvgIpc) is 2.81. The normalized spacial score (nSPS) is 13.4. The van der Waals surface area contributed by atoms with Crippen molar-refractivity contribution in [1.29, 1.82) is 0 Å². The zero-order valence-corrected chi connectivity index (χ0v) is 19.2. The molecule has 3 aromatic carbocycles. The van der Waals surface area contributed by atoms with Gasteiger partial charge in [-0.1, -0.05) is 66.2 Å². The largest absolute Gasteiger partial charge is 0.416 e. The molecule has 1 amide bonds. The number of hydrogen-bond donors (Lipinski definition) is 2. The standard InChI is InChI=1S/C26H26ClF3N2O/c1-17-8-12-20(16-22(17)27)23(15-11-18-9-13-21(14-10-18)26(28,29)30)32-24(25(33)31-2)19-6-4-3-5-7-19/h3-10,12-14,16,23-24,32H,11,15H2,1-2H3,(H,31,33)/t23-,24?/m1/s1. The highest BCUT2D eigenvalue weighted by Gasteiger charge is 2.30. The number of rotatable bonds is 8. The fraction of sp³-hybridized carbons (Fsp3) is 0.269. The summed E-state index contributed by atoms with van der Waals surface area (Å²) in [5.41, 5.74) is 2.77. The van der Waals surface area contributed by atoms with E-state index in [-0.39, 0.29) is 11.9 Å². The van der Waals surface area contributed by atoms with E-state index in [9.17, 15) is 18.0 Å². The molecule has 0 aliphatic heterocycles. The maximum absolute atomic E-state index is 12.9. The van der Waals surface area contributed by atoms with Gasteiger partial charge in [0.15, 0.2) is 0 Å². The van der Waals surface area contributed by atoms with Crippen LogP contribution in [0.1, 0.15) is 46.3 Å². The van der Waals surface area contributed by atoms with E-state index in [0.717, 1.165) is 34.4 Å². The van der Waals surface area contributed by atoms with Crippen LogP contribution in [0.15, 0.2) is 72.8 Å². The van der Waals surface area contributed by atoms with Crippen molar-refractivity contribution in [2.24, 2.45) is 0 Å². The second-order valence-electron chi connectivity index (χ2n) is 7.92. The van der Waals surface area contributed by atoms with Gasteiger partial charge in [0.25, 0.3) is 0 Å². The van der Waals surface area contributed by atoms with Gasteiger partial charge in [0.2, 0.25) is 5.91 Å². The third-order valence-electron chi connectivity index (χ3n) is 5.61. The van der Waals surface area contributed by atoms with E-state index in [0.29, 0.717) is 17.9 Å². The van der Waals surface area contributed by atoms with Gasteiger partial charge in [0, 0.05) is 18.1 Å². The Kier molecular flexibility index (Phi) is 8.16. The van der Waals surface area contributed by atoms with E-state index in [1.807, 2.05) is 55.5 Å². The Bertz CT molecular complexity index is 1070. The van der Waals surface area contributed by atoms with E-state index in [2.05, 4.69) is 10.6 Å². The van der Waals surface area contributed by atoms with Crippen LogP contribution in [0.4, 0.5) is 13.2 Å². The number of nitrogens with one attached hydrogen (secondary N) is 2. The molecule has 0 saturated heterocycles. The Morgan fingerprint density at radius 2 is 1.64 bits per heavy atom. The van der Waals surface area contributed by atoms with Crippen LogP contribution in [0.5, 0.6) is 0 Å². The van der Waals surface area contributed by atoms with Gasteiger partial charge >= 0.3 is 6.18 Å². The highest BCUT2D eigenvalue weighted by atomic mass is 35.5.